The number of ether oxygens (including phenoxy) is 1. The molecular weight excluding hydrogens is 424 g/mol. The lowest BCUT2D eigenvalue weighted by molar-refractivity contribution is 0.0785. The van der Waals surface area contributed by atoms with Crippen LogP contribution in [-0.2, 0) is 23.0 Å². The van der Waals surface area contributed by atoms with Gasteiger partial charge < -0.3 is 9.64 Å². The Balaban J connectivity index is 1.79. The first-order chi connectivity index (χ1) is 15.3. The number of amides is 1. The smallest absolute Gasteiger partial charge is 0.264 e. The van der Waals surface area contributed by atoms with E-state index in [2.05, 4.69) is 19.1 Å². The van der Waals surface area contributed by atoms with Crippen LogP contribution in [0, 0.1) is 0 Å². The van der Waals surface area contributed by atoms with Gasteiger partial charge in [-0.3, -0.25) is 9.10 Å². The number of hydrogen-bond donors (Lipinski definition) is 0. The molecule has 0 saturated carbocycles. The molecule has 0 heterocycles. The number of sulfonamides is 1. The van der Waals surface area contributed by atoms with E-state index in [0.29, 0.717) is 23.5 Å². The first kappa shape index (κ1) is 23.3. The van der Waals surface area contributed by atoms with E-state index in [1.54, 1.807) is 55.5 Å². The molecule has 0 fully saturated rings. The number of benzene rings is 3. The van der Waals surface area contributed by atoms with Gasteiger partial charge in [-0.25, -0.2) is 8.42 Å². The predicted molar refractivity (Wildman–Crippen MR) is 127 cm³/mol. The van der Waals surface area contributed by atoms with Gasteiger partial charge in [0.15, 0.2) is 0 Å². The highest BCUT2D eigenvalue weighted by atomic mass is 32.2. The largest absolute Gasteiger partial charge is 0.497 e. The van der Waals surface area contributed by atoms with Crippen molar-refractivity contribution in [3.05, 3.63) is 89.5 Å². The molecule has 32 heavy (non-hydrogen) atoms. The third-order valence-electron chi connectivity index (χ3n) is 5.37. The van der Waals surface area contributed by atoms with Crippen molar-refractivity contribution in [3.8, 4) is 5.75 Å². The second-order valence-electron chi connectivity index (χ2n) is 7.53. The van der Waals surface area contributed by atoms with Crippen LogP contribution >= 0.6 is 0 Å². The van der Waals surface area contributed by atoms with E-state index >= 15 is 0 Å². The molecule has 0 N–H and O–H groups in total. The SMILES string of the molecule is CCc1ccc(CN(C)C(=O)c2cccc(S(=O)(=O)N(C)c3ccc(OC)cc3)c2)cc1. The highest BCUT2D eigenvalue weighted by Crippen LogP contribution is 2.25. The molecule has 0 aliphatic heterocycles. The van der Waals surface area contributed by atoms with Crippen molar-refractivity contribution in [3.63, 3.8) is 0 Å². The molecule has 0 spiro atoms. The molecule has 0 saturated heterocycles. The summed E-state index contributed by atoms with van der Waals surface area (Å²) in [5.41, 5.74) is 3.07. The summed E-state index contributed by atoms with van der Waals surface area (Å²) >= 11 is 0. The maximum atomic E-state index is 13.2. The Morgan fingerprint density at radius 1 is 0.906 bits per heavy atom. The van der Waals surface area contributed by atoms with Gasteiger partial charge in [-0.2, -0.15) is 0 Å². The van der Waals surface area contributed by atoms with E-state index in [0.717, 1.165) is 12.0 Å². The second-order valence-corrected chi connectivity index (χ2v) is 9.50. The highest BCUT2D eigenvalue weighted by Gasteiger charge is 2.23. The van der Waals surface area contributed by atoms with Gasteiger partial charge in [-0.15, -0.1) is 0 Å². The van der Waals surface area contributed by atoms with E-state index < -0.39 is 10.0 Å². The molecule has 0 aromatic heterocycles. The molecule has 168 valence electrons. The molecule has 0 unspecified atom stereocenters. The van der Waals surface area contributed by atoms with E-state index in [1.165, 1.54) is 29.0 Å². The Kier molecular flexibility index (Phi) is 7.20. The van der Waals surface area contributed by atoms with Crippen LogP contribution in [0.2, 0.25) is 0 Å². The summed E-state index contributed by atoms with van der Waals surface area (Å²) in [6.45, 7) is 2.53. The van der Waals surface area contributed by atoms with Crippen LogP contribution in [0.4, 0.5) is 5.69 Å². The lowest BCUT2D eigenvalue weighted by atomic mass is 10.1. The van der Waals surface area contributed by atoms with Gasteiger partial charge >= 0.3 is 0 Å². The van der Waals surface area contributed by atoms with Crippen LogP contribution in [-0.4, -0.2) is 40.4 Å². The standard InChI is InChI=1S/C25H28N2O4S/c1-5-19-9-11-20(12-10-19)18-26(2)25(28)21-7-6-8-24(17-21)32(29,30)27(3)22-13-15-23(31-4)16-14-22/h6-17H,5,18H2,1-4H3. The number of anilines is 1. The number of hydrogen-bond acceptors (Lipinski definition) is 4. The third-order valence-corrected chi connectivity index (χ3v) is 7.15. The summed E-state index contributed by atoms with van der Waals surface area (Å²) < 4.78 is 32.6. The molecule has 0 radical (unpaired) electrons. The molecule has 0 aliphatic rings. The van der Waals surface area contributed by atoms with E-state index in [4.69, 9.17) is 4.74 Å². The summed E-state index contributed by atoms with van der Waals surface area (Å²) in [6, 6.07) is 21.0. The zero-order valence-corrected chi connectivity index (χ0v) is 19.6. The summed E-state index contributed by atoms with van der Waals surface area (Å²) in [7, 11) is 0.906. The van der Waals surface area contributed by atoms with Crippen molar-refractivity contribution in [1.82, 2.24) is 4.90 Å². The first-order valence-corrected chi connectivity index (χ1v) is 11.8. The minimum Gasteiger partial charge on any atom is -0.497 e. The van der Waals surface area contributed by atoms with Crippen LogP contribution in [0.15, 0.2) is 77.7 Å². The Hall–Kier alpha value is -3.32. The lowest BCUT2D eigenvalue weighted by Crippen LogP contribution is -2.28. The second kappa shape index (κ2) is 9.87. The van der Waals surface area contributed by atoms with Gasteiger partial charge in [0, 0.05) is 26.2 Å². The van der Waals surface area contributed by atoms with Crippen molar-refractivity contribution in [2.75, 3.05) is 25.5 Å². The van der Waals surface area contributed by atoms with Gasteiger partial charge in [0.1, 0.15) is 5.75 Å². The summed E-state index contributed by atoms with van der Waals surface area (Å²) in [5.74, 6) is 0.397. The number of nitrogens with zero attached hydrogens (tertiary/aromatic N) is 2. The predicted octanol–water partition coefficient (Wildman–Crippen LogP) is 4.35. The Bertz CT molecular complexity index is 1170. The van der Waals surface area contributed by atoms with Gasteiger partial charge in [-0.1, -0.05) is 37.3 Å². The van der Waals surface area contributed by atoms with Crippen LogP contribution in [0.1, 0.15) is 28.4 Å². The van der Waals surface area contributed by atoms with Crippen LogP contribution in [0.25, 0.3) is 0 Å². The average Bonchev–Trinajstić information content (AvgIpc) is 2.83. The number of aryl methyl sites for hydroxylation is 1. The van der Waals surface area contributed by atoms with Crippen LogP contribution in [0.5, 0.6) is 5.75 Å². The number of rotatable bonds is 8. The van der Waals surface area contributed by atoms with E-state index in [-0.39, 0.29) is 10.8 Å². The van der Waals surface area contributed by atoms with Crippen molar-refractivity contribution in [2.24, 2.45) is 0 Å². The van der Waals surface area contributed by atoms with Crippen molar-refractivity contribution in [2.45, 2.75) is 24.8 Å². The molecule has 3 rings (SSSR count). The molecule has 3 aromatic rings. The molecule has 7 heteroatoms. The van der Waals surface area contributed by atoms with Crippen molar-refractivity contribution < 1.29 is 17.9 Å². The number of methoxy groups -OCH3 is 1. The lowest BCUT2D eigenvalue weighted by Gasteiger charge is -2.21. The Morgan fingerprint density at radius 3 is 2.12 bits per heavy atom. The quantitative estimate of drug-likeness (QED) is 0.510. The highest BCUT2D eigenvalue weighted by molar-refractivity contribution is 7.92. The molecule has 0 aliphatic carbocycles. The minimum absolute atomic E-state index is 0.0577. The zero-order chi connectivity index (χ0) is 23.3. The fourth-order valence-electron chi connectivity index (χ4n) is 3.33. The number of carbonyl (C=O) groups excluding carboxylic acids is 1. The van der Waals surface area contributed by atoms with Crippen molar-refractivity contribution >= 4 is 21.6 Å². The average molecular weight is 453 g/mol. The fraction of sp³-hybridized carbons (Fsp3) is 0.240. The normalized spacial score (nSPS) is 11.1. The van der Waals surface area contributed by atoms with E-state index in [9.17, 15) is 13.2 Å². The molecule has 3 aromatic carbocycles. The summed E-state index contributed by atoms with van der Waals surface area (Å²) in [6.07, 6.45) is 0.960. The number of carbonyl (C=O) groups is 1. The third kappa shape index (κ3) is 5.11. The molecule has 6 nitrogen and oxygen atoms in total. The first-order valence-electron chi connectivity index (χ1n) is 10.3. The van der Waals surface area contributed by atoms with Gasteiger partial charge in [0.05, 0.1) is 17.7 Å². The van der Waals surface area contributed by atoms with Gasteiger partial charge in [0.2, 0.25) is 0 Å². The van der Waals surface area contributed by atoms with Crippen LogP contribution < -0.4 is 9.04 Å². The monoisotopic (exact) mass is 452 g/mol. The molecule has 0 bridgehead atoms. The molecule has 0 atom stereocenters. The summed E-state index contributed by atoms with van der Waals surface area (Å²) in [4.78, 5) is 14.6. The minimum atomic E-state index is -3.84. The van der Waals surface area contributed by atoms with E-state index in [1.807, 2.05) is 12.1 Å². The van der Waals surface area contributed by atoms with Crippen LogP contribution in [0.3, 0.4) is 0 Å². The summed E-state index contributed by atoms with van der Waals surface area (Å²) in [5, 5.41) is 0. The fourth-order valence-corrected chi connectivity index (χ4v) is 4.57. The zero-order valence-electron chi connectivity index (χ0n) is 18.8. The Labute approximate surface area is 190 Å². The van der Waals surface area contributed by atoms with Crippen molar-refractivity contribution in [1.29, 1.82) is 0 Å². The van der Waals surface area contributed by atoms with Gasteiger partial charge in [0.25, 0.3) is 15.9 Å². The molecule has 1 amide bonds. The molecular formula is C25H28N2O4S. The topological polar surface area (TPSA) is 66.9 Å². The maximum Gasteiger partial charge on any atom is 0.264 e. The van der Waals surface area contributed by atoms with Gasteiger partial charge in [-0.05, 0) is 60.0 Å². The maximum absolute atomic E-state index is 13.2. The Morgan fingerprint density at radius 2 is 1.53 bits per heavy atom.